The van der Waals surface area contributed by atoms with Crippen molar-refractivity contribution in [1.82, 2.24) is 0 Å². The molecule has 0 aliphatic heterocycles. The molecule has 0 aromatic rings. The van der Waals surface area contributed by atoms with E-state index >= 15 is 0 Å². The lowest BCUT2D eigenvalue weighted by molar-refractivity contribution is -0.225. The number of hydrogen-bond donors (Lipinski definition) is 1. The van der Waals surface area contributed by atoms with Crippen LogP contribution >= 0.6 is 7.82 Å². The lowest BCUT2D eigenvalue weighted by atomic mass is 10.1. The van der Waals surface area contributed by atoms with Crippen LogP contribution in [-0.2, 0) is 23.4 Å². The number of ether oxygens (including phenoxy) is 1. The van der Waals surface area contributed by atoms with Crippen molar-refractivity contribution in [1.29, 1.82) is 0 Å². The molecule has 0 aromatic carbocycles. The van der Waals surface area contributed by atoms with E-state index in [9.17, 15) is 9.46 Å². The molecule has 20 heavy (non-hydrogen) atoms. The lowest BCUT2D eigenvalue weighted by Gasteiger charge is -2.10. The average Bonchev–Trinajstić information content (AvgIpc) is 2.42. The minimum absolute atomic E-state index is 0.00239. The molecule has 0 aromatic heterocycles. The first-order valence-corrected chi connectivity index (χ1v) is 8.98. The zero-order chi connectivity index (χ0) is 15.1. The molecule has 0 spiro atoms. The molecule has 0 saturated heterocycles. The lowest BCUT2D eigenvalue weighted by Crippen LogP contribution is -2.05. The summed E-state index contributed by atoms with van der Waals surface area (Å²) in [6.07, 6.45) is 8.03. The quantitative estimate of drug-likeness (QED) is 0.214. The maximum atomic E-state index is 11.3. The van der Waals surface area contributed by atoms with Gasteiger partial charge in [0.05, 0.1) is 19.8 Å². The fourth-order valence-corrected chi connectivity index (χ4v) is 2.16. The van der Waals surface area contributed by atoms with Gasteiger partial charge in [0.2, 0.25) is 0 Å². The Hall–Kier alpha value is 0.0300. The first-order chi connectivity index (χ1) is 9.62. The van der Waals surface area contributed by atoms with Crippen LogP contribution in [0.5, 0.6) is 0 Å². The molecule has 0 aliphatic rings. The van der Waals surface area contributed by atoms with Crippen LogP contribution in [0.2, 0.25) is 0 Å². The summed E-state index contributed by atoms with van der Waals surface area (Å²) in [5.74, 6) is 0. The van der Waals surface area contributed by atoms with Crippen molar-refractivity contribution >= 4 is 7.82 Å². The molecule has 0 bridgehead atoms. The highest BCUT2D eigenvalue weighted by Gasteiger charge is 2.22. The Morgan fingerprint density at radius 1 is 0.900 bits per heavy atom. The van der Waals surface area contributed by atoms with E-state index in [0.29, 0.717) is 13.2 Å². The first-order valence-electron chi connectivity index (χ1n) is 7.48. The zero-order valence-electron chi connectivity index (χ0n) is 12.7. The number of phosphoric ester groups is 1. The Bertz CT molecular complexity index is 249. The van der Waals surface area contributed by atoms with E-state index in [1.165, 1.54) is 25.7 Å². The Morgan fingerprint density at radius 2 is 1.55 bits per heavy atom. The van der Waals surface area contributed by atoms with Crippen molar-refractivity contribution in [3.8, 4) is 0 Å². The van der Waals surface area contributed by atoms with Crippen LogP contribution in [0.1, 0.15) is 58.8 Å². The van der Waals surface area contributed by atoms with Gasteiger partial charge < -0.3 is 9.63 Å². The van der Waals surface area contributed by atoms with Crippen molar-refractivity contribution in [2.75, 3.05) is 26.4 Å². The summed E-state index contributed by atoms with van der Waals surface area (Å²) in [5.41, 5.74) is 0. The summed E-state index contributed by atoms with van der Waals surface area (Å²) in [4.78, 5) is 13.9. The van der Waals surface area contributed by atoms with Crippen LogP contribution in [0.25, 0.3) is 0 Å². The normalized spacial score (nSPS) is 14.3. The number of phosphoric acid groups is 1. The van der Waals surface area contributed by atoms with Gasteiger partial charge in [-0.15, -0.1) is 4.67 Å². The maximum Gasteiger partial charge on any atom is 0.499 e. The van der Waals surface area contributed by atoms with Crippen LogP contribution in [-0.4, -0.2) is 31.3 Å². The Kier molecular flexibility index (Phi) is 14.0. The van der Waals surface area contributed by atoms with Crippen LogP contribution in [0.3, 0.4) is 0 Å². The minimum Gasteiger partial charge on any atom is -0.379 e. The van der Waals surface area contributed by atoms with Crippen LogP contribution in [0.4, 0.5) is 0 Å². The van der Waals surface area contributed by atoms with Gasteiger partial charge in [-0.1, -0.05) is 45.4 Å². The molecule has 1 atom stereocenters. The standard InChI is InChI=1S/C13H29O6P/c1-3-5-6-7-8-9-10-11-17-19-20(14,15)18-13-12-16-4-2/h3-13H2,1-2H3,(H,14,15). The van der Waals surface area contributed by atoms with E-state index in [2.05, 4.69) is 16.1 Å². The van der Waals surface area contributed by atoms with Gasteiger partial charge in [0, 0.05) is 6.61 Å². The van der Waals surface area contributed by atoms with Gasteiger partial charge in [0.25, 0.3) is 0 Å². The monoisotopic (exact) mass is 312 g/mol. The van der Waals surface area contributed by atoms with Crippen LogP contribution in [0.15, 0.2) is 0 Å². The van der Waals surface area contributed by atoms with E-state index in [1.54, 1.807) is 0 Å². The number of unbranched alkanes of at least 4 members (excludes halogenated alkanes) is 6. The van der Waals surface area contributed by atoms with Gasteiger partial charge in [-0.2, -0.15) is 0 Å². The molecular weight excluding hydrogens is 283 g/mol. The molecule has 1 unspecified atom stereocenters. The SMILES string of the molecule is CCCCCCCCCOOP(=O)(O)OCCOCC. The molecule has 0 radical (unpaired) electrons. The molecule has 7 heteroatoms. The van der Waals surface area contributed by atoms with Gasteiger partial charge in [-0.3, -0.25) is 4.52 Å². The van der Waals surface area contributed by atoms with E-state index in [-0.39, 0.29) is 13.2 Å². The van der Waals surface area contributed by atoms with E-state index in [0.717, 1.165) is 19.3 Å². The highest BCUT2D eigenvalue weighted by atomic mass is 31.2. The molecule has 0 rings (SSSR count). The summed E-state index contributed by atoms with van der Waals surface area (Å²) >= 11 is 0. The van der Waals surface area contributed by atoms with E-state index in [1.807, 2.05) is 6.92 Å². The second-order valence-electron chi connectivity index (χ2n) is 4.52. The number of hydrogen-bond acceptors (Lipinski definition) is 5. The van der Waals surface area contributed by atoms with Crippen molar-refractivity contribution in [2.45, 2.75) is 58.8 Å². The summed E-state index contributed by atoms with van der Waals surface area (Å²) in [7, 11) is -4.11. The Labute approximate surface area is 122 Å². The molecule has 0 saturated carbocycles. The van der Waals surface area contributed by atoms with Crippen molar-refractivity contribution in [3.05, 3.63) is 0 Å². The molecule has 0 aliphatic carbocycles. The second-order valence-corrected chi connectivity index (χ2v) is 5.86. The summed E-state index contributed by atoms with van der Waals surface area (Å²) < 4.78 is 25.3. The predicted molar refractivity (Wildman–Crippen MR) is 77.3 cm³/mol. The van der Waals surface area contributed by atoms with Gasteiger partial charge >= 0.3 is 7.82 Å². The van der Waals surface area contributed by atoms with Gasteiger partial charge in [0.1, 0.15) is 0 Å². The smallest absolute Gasteiger partial charge is 0.379 e. The largest absolute Gasteiger partial charge is 0.499 e. The van der Waals surface area contributed by atoms with Crippen molar-refractivity contribution in [3.63, 3.8) is 0 Å². The summed E-state index contributed by atoms with van der Waals surface area (Å²) in [6.45, 7) is 5.11. The number of rotatable bonds is 15. The van der Waals surface area contributed by atoms with Crippen LogP contribution < -0.4 is 0 Å². The topological polar surface area (TPSA) is 74.2 Å². The fourth-order valence-electron chi connectivity index (χ4n) is 1.60. The maximum absolute atomic E-state index is 11.3. The van der Waals surface area contributed by atoms with Crippen molar-refractivity contribution < 1.29 is 28.3 Å². The third-order valence-electron chi connectivity index (χ3n) is 2.66. The Balaban J connectivity index is 3.33. The molecular formula is C13H29O6P. The highest BCUT2D eigenvalue weighted by molar-refractivity contribution is 7.47. The van der Waals surface area contributed by atoms with E-state index < -0.39 is 7.82 Å². The molecule has 0 fully saturated rings. The van der Waals surface area contributed by atoms with Gasteiger partial charge in [-0.05, 0) is 13.3 Å². The first kappa shape index (κ1) is 20.0. The minimum atomic E-state index is -4.11. The molecule has 0 amide bonds. The van der Waals surface area contributed by atoms with Crippen molar-refractivity contribution in [2.24, 2.45) is 0 Å². The molecule has 0 heterocycles. The zero-order valence-corrected chi connectivity index (χ0v) is 13.6. The fraction of sp³-hybridized carbons (Fsp3) is 1.00. The highest BCUT2D eigenvalue weighted by Crippen LogP contribution is 2.43. The van der Waals surface area contributed by atoms with E-state index in [4.69, 9.17) is 9.62 Å². The molecule has 122 valence electrons. The second kappa shape index (κ2) is 14.0. The third kappa shape index (κ3) is 14.4. The summed E-state index contributed by atoms with van der Waals surface area (Å²) in [6, 6.07) is 0. The average molecular weight is 312 g/mol. The Morgan fingerprint density at radius 3 is 2.20 bits per heavy atom. The van der Waals surface area contributed by atoms with Crippen LogP contribution in [0, 0.1) is 0 Å². The third-order valence-corrected chi connectivity index (χ3v) is 3.47. The molecule has 1 N–H and O–H groups in total. The van der Waals surface area contributed by atoms with Gasteiger partial charge in [-0.25, -0.2) is 9.45 Å². The van der Waals surface area contributed by atoms with Gasteiger partial charge in [0.15, 0.2) is 0 Å². The summed E-state index contributed by atoms with van der Waals surface area (Å²) in [5, 5.41) is 0. The molecule has 6 nitrogen and oxygen atoms in total. The predicted octanol–water partition coefficient (Wildman–Crippen LogP) is 3.84.